The second-order valence-corrected chi connectivity index (χ2v) is 6.03. The summed E-state index contributed by atoms with van der Waals surface area (Å²) in [5.74, 6) is -1.12. The minimum Gasteiger partial charge on any atom is -0.321 e. The second kappa shape index (κ2) is 7.31. The van der Waals surface area contributed by atoms with E-state index < -0.39 is 16.7 Å². The summed E-state index contributed by atoms with van der Waals surface area (Å²) in [4.78, 5) is 35.3. The highest BCUT2D eigenvalue weighted by molar-refractivity contribution is 6.07. The number of hydrogen-bond donors (Lipinski definition) is 2. The summed E-state index contributed by atoms with van der Waals surface area (Å²) >= 11 is 0. The number of nitrogens with zero attached hydrogens (tertiary/aromatic N) is 5. The maximum absolute atomic E-state index is 12.5. The standard InChI is InChI=1S/C17H17N7O4/c1-10-15(24(27)28)14(21-23(10)3)17(26)19-12-6-4-5-11(9-12)18-16(25)13-7-8-22(2)20-13/h4-9H,1-3H3,(H,18,25)(H,19,26). The molecule has 11 nitrogen and oxygen atoms in total. The van der Waals surface area contributed by atoms with Crippen LogP contribution in [-0.4, -0.2) is 36.3 Å². The molecule has 0 radical (unpaired) electrons. The largest absolute Gasteiger partial charge is 0.322 e. The highest BCUT2D eigenvalue weighted by Crippen LogP contribution is 2.24. The van der Waals surface area contributed by atoms with Gasteiger partial charge in [-0.05, 0) is 31.2 Å². The van der Waals surface area contributed by atoms with E-state index in [-0.39, 0.29) is 22.8 Å². The van der Waals surface area contributed by atoms with Crippen molar-refractivity contribution in [3.63, 3.8) is 0 Å². The van der Waals surface area contributed by atoms with Gasteiger partial charge in [0.1, 0.15) is 5.69 Å². The fourth-order valence-electron chi connectivity index (χ4n) is 2.56. The topological polar surface area (TPSA) is 137 Å². The fourth-order valence-corrected chi connectivity index (χ4v) is 2.56. The Morgan fingerprint density at radius 1 is 1.07 bits per heavy atom. The second-order valence-electron chi connectivity index (χ2n) is 6.03. The van der Waals surface area contributed by atoms with Crippen LogP contribution in [0.25, 0.3) is 0 Å². The third-order valence-corrected chi connectivity index (χ3v) is 4.02. The predicted octanol–water partition coefficient (Wildman–Crippen LogP) is 1.87. The number of benzene rings is 1. The first kappa shape index (κ1) is 18.8. The van der Waals surface area contributed by atoms with Gasteiger partial charge in [0, 0.05) is 31.7 Å². The molecule has 2 N–H and O–H groups in total. The number of nitrogens with one attached hydrogen (secondary N) is 2. The average molecular weight is 383 g/mol. The molecule has 0 spiro atoms. The first-order chi connectivity index (χ1) is 13.3. The van der Waals surface area contributed by atoms with E-state index in [2.05, 4.69) is 20.8 Å². The van der Waals surface area contributed by atoms with Crippen LogP contribution in [0.15, 0.2) is 36.5 Å². The molecule has 2 amide bonds. The van der Waals surface area contributed by atoms with E-state index in [0.717, 1.165) is 0 Å². The summed E-state index contributed by atoms with van der Waals surface area (Å²) in [6.07, 6.45) is 1.65. The molecule has 28 heavy (non-hydrogen) atoms. The van der Waals surface area contributed by atoms with Gasteiger partial charge in [-0.3, -0.25) is 29.1 Å². The molecule has 2 heterocycles. The maximum atomic E-state index is 12.5. The van der Waals surface area contributed by atoms with Crippen molar-refractivity contribution in [3.8, 4) is 0 Å². The van der Waals surface area contributed by atoms with Crippen molar-refractivity contribution in [1.82, 2.24) is 19.6 Å². The SMILES string of the molecule is Cc1c([N+](=O)[O-])c(C(=O)Nc2cccc(NC(=O)c3ccn(C)n3)c2)nn1C. The van der Waals surface area contributed by atoms with Gasteiger partial charge in [-0.1, -0.05) is 6.07 Å². The van der Waals surface area contributed by atoms with Gasteiger partial charge in [-0.2, -0.15) is 10.2 Å². The van der Waals surface area contributed by atoms with Gasteiger partial charge in [0.2, 0.25) is 5.69 Å². The molecule has 0 aliphatic heterocycles. The van der Waals surface area contributed by atoms with E-state index in [4.69, 9.17) is 0 Å². The Morgan fingerprint density at radius 3 is 2.29 bits per heavy atom. The predicted molar refractivity (Wildman–Crippen MR) is 100 cm³/mol. The van der Waals surface area contributed by atoms with Gasteiger partial charge in [0.25, 0.3) is 11.8 Å². The zero-order chi connectivity index (χ0) is 20.4. The van der Waals surface area contributed by atoms with Crippen molar-refractivity contribution in [2.45, 2.75) is 6.92 Å². The molecule has 3 rings (SSSR count). The van der Waals surface area contributed by atoms with Gasteiger partial charge < -0.3 is 10.6 Å². The van der Waals surface area contributed by atoms with E-state index >= 15 is 0 Å². The number of aryl methyl sites for hydroxylation is 2. The fraction of sp³-hybridized carbons (Fsp3) is 0.176. The van der Waals surface area contributed by atoms with Crippen LogP contribution >= 0.6 is 0 Å². The van der Waals surface area contributed by atoms with Gasteiger partial charge in [-0.15, -0.1) is 0 Å². The summed E-state index contributed by atoms with van der Waals surface area (Å²) in [6.45, 7) is 1.51. The van der Waals surface area contributed by atoms with Gasteiger partial charge in [0.05, 0.1) is 4.92 Å². The monoisotopic (exact) mass is 383 g/mol. The van der Waals surface area contributed by atoms with Gasteiger partial charge >= 0.3 is 5.69 Å². The van der Waals surface area contributed by atoms with Gasteiger partial charge in [0.15, 0.2) is 5.69 Å². The first-order valence-corrected chi connectivity index (χ1v) is 8.16. The first-order valence-electron chi connectivity index (χ1n) is 8.16. The number of hydrogen-bond acceptors (Lipinski definition) is 6. The van der Waals surface area contributed by atoms with Crippen LogP contribution in [0, 0.1) is 17.0 Å². The molecule has 0 saturated heterocycles. The van der Waals surface area contributed by atoms with E-state index in [0.29, 0.717) is 11.4 Å². The van der Waals surface area contributed by atoms with E-state index in [1.165, 1.54) is 29.4 Å². The molecule has 0 unspecified atom stereocenters. The molecule has 0 fully saturated rings. The third kappa shape index (κ3) is 3.72. The van der Waals surface area contributed by atoms with Gasteiger partial charge in [-0.25, -0.2) is 0 Å². The molecule has 3 aromatic rings. The van der Waals surface area contributed by atoms with Crippen LogP contribution < -0.4 is 10.6 Å². The normalized spacial score (nSPS) is 10.5. The Kier molecular flexibility index (Phi) is 4.90. The molecule has 0 aliphatic carbocycles. The molecular weight excluding hydrogens is 366 g/mol. The third-order valence-electron chi connectivity index (χ3n) is 4.02. The van der Waals surface area contributed by atoms with E-state index in [1.54, 1.807) is 37.5 Å². The van der Waals surface area contributed by atoms with Crippen molar-refractivity contribution in [1.29, 1.82) is 0 Å². The Balaban J connectivity index is 1.78. The number of aromatic nitrogens is 4. The van der Waals surface area contributed by atoms with Crippen LogP contribution in [0.3, 0.4) is 0 Å². The van der Waals surface area contributed by atoms with Crippen LogP contribution in [0.4, 0.5) is 17.1 Å². The van der Waals surface area contributed by atoms with Crippen molar-refractivity contribution in [2.24, 2.45) is 14.1 Å². The van der Waals surface area contributed by atoms with Crippen molar-refractivity contribution in [3.05, 3.63) is 63.7 Å². The number of nitro groups is 1. The Morgan fingerprint density at radius 2 is 1.71 bits per heavy atom. The zero-order valence-corrected chi connectivity index (χ0v) is 15.3. The minimum atomic E-state index is -0.719. The Labute approximate surface area is 159 Å². The summed E-state index contributed by atoms with van der Waals surface area (Å²) in [5.41, 5.74) is 0.664. The molecule has 0 atom stereocenters. The molecule has 11 heteroatoms. The maximum Gasteiger partial charge on any atom is 0.322 e. The molecule has 0 aliphatic rings. The molecule has 0 saturated carbocycles. The number of amides is 2. The number of carbonyl (C=O) groups excluding carboxylic acids is 2. The van der Waals surface area contributed by atoms with Crippen molar-refractivity contribution >= 4 is 28.9 Å². The molecule has 2 aromatic heterocycles. The number of carbonyl (C=O) groups is 2. The van der Waals surface area contributed by atoms with Crippen molar-refractivity contribution < 1.29 is 14.5 Å². The lowest BCUT2D eigenvalue weighted by Gasteiger charge is -2.07. The van der Waals surface area contributed by atoms with Crippen LogP contribution in [0.1, 0.15) is 26.7 Å². The lowest BCUT2D eigenvalue weighted by atomic mass is 10.2. The highest BCUT2D eigenvalue weighted by atomic mass is 16.6. The molecule has 144 valence electrons. The zero-order valence-electron chi connectivity index (χ0n) is 15.3. The highest BCUT2D eigenvalue weighted by Gasteiger charge is 2.29. The summed E-state index contributed by atoms with van der Waals surface area (Å²) in [5, 5.41) is 24.4. The molecular formula is C17H17N7O4. The molecule has 0 bridgehead atoms. The Hall–Kier alpha value is -4.02. The summed E-state index contributed by atoms with van der Waals surface area (Å²) < 4.78 is 2.78. The number of rotatable bonds is 5. The lowest BCUT2D eigenvalue weighted by molar-refractivity contribution is -0.385. The minimum absolute atomic E-state index is 0.247. The van der Waals surface area contributed by atoms with E-state index in [1.807, 2.05) is 0 Å². The van der Waals surface area contributed by atoms with Crippen molar-refractivity contribution in [2.75, 3.05) is 10.6 Å². The smallest absolute Gasteiger partial charge is 0.321 e. The van der Waals surface area contributed by atoms with Crippen LogP contribution in [0.2, 0.25) is 0 Å². The van der Waals surface area contributed by atoms with Crippen LogP contribution in [-0.2, 0) is 14.1 Å². The van der Waals surface area contributed by atoms with Crippen LogP contribution in [0.5, 0.6) is 0 Å². The lowest BCUT2D eigenvalue weighted by Crippen LogP contribution is -2.16. The summed E-state index contributed by atoms with van der Waals surface area (Å²) in [6, 6.07) is 7.96. The number of anilines is 2. The summed E-state index contributed by atoms with van der Waals surface area (Å²) in [7, 11) is 3.22. The molecule has 1 aromatic carbocycles. The Bertz CT molecular complexity index is 1080. The average Bonchev–Trinajstić information content (AvgIpc) is 3.19. The van der Waals surface area contributed by atoms with E-state index in [9.17, 15) is 19.7 Å². The quantitative estimate of drug-likeness (QED) is 0.510.